The number of ether oxygens (including phenoxy) is 2. The third-order valence-electron chi connectivity index (χ3n) is 8.72. The number of aromatic nitrogens is 2. The highest BCUT2D eigenvalue weighted by atomic mass is 32.1. The van der Waals surface area contributed by atoms with E-state index in [-0.39, 0.29) is 23.5 Å². The molecule has 1 N–H and O–H groups in total. The highest BCUT2D eigenvalue weighted by molar-refractivity contribution is 7.19. The van der Waals surface area contributed by atoms with Gasteiger partial charge >= 0.3 is 0 Å². The van der Waals surface area contributed by atoms with E-state index in [0.29, 0.717) is 12.2 Å². The van der Waals surface area contributed by atoms with E-state index in [1.54, 1.807) is 11.3 Å². The predicted molar refractivity (Wildman–Crippen MR) is 146 cm³/mol. The number of nitrogens with one attached hydrogen (secondary N) is 1. The van der Waals surface area contributed by atoms with Gasteiger partial charge in [0, 0.05) is 36.1 Å². The van der Waals surface area contributed by atoms with E-state index in [1.165, 1.54) is 22.6 Å². The first kappa shape index (κ1) is 25.6. The third-order valence-corrected chi connectivity index (χ3v) is 9.89. The first-order chi connectivity index (χ1) is 18.5. The molecule has 2 aliphatic carbocycles. The molecule has 38 heavy (non-hydrogen) atoms. The maximum Gasteiger partial charge on any atom is 0.226 e. The van der Waals surface area contributed by atoms with Crippen molar-refractivity contribution < 1.29 is 18.7 Å². The van der Waals surface area contributed by atoms with Crippen molar-refractivity contribution in [3.05, 3.63) is 46.9 Å². The molecular formula is C29H35FN4O3S. The van der Waals surface area contributed by atoms with Crippen LogP contribution in [0, 0.1) is 5.82 Å². The number of aryl methyl sites for hydroxylation is 1. The Morgan fingerprint density at radius 1 is 1.21 bits per heavy atom. The zero-order valence-electron chi connectivity index (χ0n) is 21.9. The second-order valence-electron chi connectivity index (χ2n) is 10.8. The zero-order chi connectivity index (χ0) is 26.1. The van der Waals surface area contributed by atoms with Gasteiger partial charge in [-0.05, 0) is 74.6 Å². The molecule has 0 aromatic carbocycles. The summed E-state index contributed by atoms with van der Waals surface area (Å²) < 4.78 is 25.5. The van der Waals surface area contributed by atoms with Crippen molar-refractivity contribution in [1.29, 1.82) is 0 Å². The van der Waals surface area contributed by atoms with Crippen LogP contribution in [0.3, 0.4) is 0 Å². The Morgan fingerprint density at radius 2 is 2.03 bits per heavy atom. The van der Waals surface area contributed by atoms with Crippen molar-refractivity contribution in [2.75, 3.05) is 31.6 Å². The van der Waals surface area contributed by atoms with Crippen LogP contribution in [0.25, 0.3) is 10.2 Å². The van der Waals surface area contributed by atoms with Crippen molar-refractivity contribution >= 4 is 33.3 Å². The molecule has 202 valence electrons. The van der Waals surface area contributed by atoms with Crippen molar-refractivity contribution in [1.82, 2.24) is 14.9 Å². The molecule has 0 spiro atoms. The minimum atomic E-state index is -0.423. The summed E-state index contributed by atoms with van der Waals surface area (Å²) in [6.07, 6.45) is 10.9. The highest BCUT2D eigenvalue weighted by Gasteiger charge is 2.40. The fraction of sp³-hybridized carbons (Fsp3) is 0.552. The number of hydrogen-bond donors (Lipinski definition) is 1. The summed E-state index contributed by atoms with van der Waals surface area (Å²) in [6, 6.07) is 4.78. The summed E-state index contributed by atoms with van der Waals surface area (Å²) in [4.78, 5) is 26.4. The maximum absolute atomic E-state index is 13.2. The molecule has 6 rings (SSSR count). The number of anilines is 1. The van der Waals surface area contributed by atoms with Gasteiger partial charge in [-0.2, -0.15) is 0 Å². The molecule has 1 amide bonds. The summed E-state index contributed by atoms with van der Waals surface area (Å²) in [5, 5.41) is 3.90. The zero-order valence-corrected chi connectivity index (χ0v) is 22.7. The Morgan fingerprint density at radius 3 is 2.76 bits per heavy atom. The number of nitrogens with zero attached hydrogens (tertiary/aromatic N) is 3. The Labute approximate surface area is 226 Å². The second kappa shape index (κ2) is 10.9. The number of rotatable bonds is 7. The number of thiophene rings is 1. The molecule has 7 nitrogen and oxygen atoms in total. The van der Waals surface area contributed by atoms with Gasteiger partial charge in [-0.3, -0.25) is 9.69 Å². The molecule has 1 saturated heterocycles. The van der Waals surface area contributed by atoms with Crippen LogP contribution in [-0.2, 0) is 16.0 Å². The summed E-state index contributed by atoms with van der Waals surface area (Å²) in [6.45, 7) is 6.04. The number of carbonyl (C=O) groups is 1. The van der Waals surface area contributed by atoms with Gasteiger partial charge in [-0.25, -0.2) is 14.4 Å². The smallest absolute Gasteiger partial charge is 0.226 e. The average Bonchev–Trinajstić information content (AvgIpc) is 3.51. The lowest BCUT2D eigenvalue weighted by atomic mass is 9.77. The van der Waals surface area contributed by atoms with Crippen molar-refractivity contribution in [3.8, 4) is 5.75 Å². The number of fused-ring (bicyclic) bond motifs is 3. The van der Waals surface area contributed by atoms with Crippen LogP contribution >= 0.6 is 11.3 Å². The fourth-order valence-electron chi connectivity index (χ4n) is 6.66. The number of morpholine rings is 1. The quantitative estimate of drug-likeness (QED) is 0.416. The second-order valence-corrected chi connectivity index (χ2v) is 11.9. The number of amides is 1. The molecule has 3 aliphatic rings. The largest absolute Gasteiger partial charge is 0.490 e. The number of halogens is 1. The summed E-state index contributed by atoms with van der Waals surface area (Å²) in [5.74, 6) is 0.839. The average molecular weight is 539 g/mol. The van der Waals surface area contributed by atoms with Crippen LogP contribution in [0.4, 0.5) is 10.2 Å². The standard InChI is InChI=1S/C29H35FN4O3S/c1-2-29(34-13-15-36-16-14-34)10-7-21(8-11-29)37-22-9-12-31-28-27(22)26-19(3-5-23(26)38-28)17-25(35)33-24-6-4-20(30)18-32-24/h4,6,9,12,18-19,21H,2-3,5,7-8,10-11,13-17H2,1H3,(H,32,33,35)/t19-,21-,29-/m1/s1. The monoisotopic (exact) mass is 538 g/mol. The van der Waals surface area contributed by atoms with Gasteiger partial charge in [-0.15, -0.1) is 11.3 Å². The molecule has 0 bridgehead atoms. The van der Waals surface area contributed by atoms with E-state index in [4.69, 9.17) is 9.47 Å². The summed E-state index contributed by atoms with van der Waals surface area (Å²) in [7, 11) is 0. The maximum atomic E-state index is 13.2. The molecule has 3 aromatic rings. The minimum Gasteiger partial charge on any atom is -0.490 e. The van der Waals surface area contributed by atoms with Crippen LogP contribution in [0.2, 0.25) is 0 Å². The summed E-state index contributed by atoms with van der Waals surface area (Å²) in [5.41, 5.74) is 1.49. The van der Waals surface area contributed by atoms with Gasteiger partial charge in [0.15, 0.2) is 0 Å². The van der Waals surface area contributed by atoms with Crippen molar-refractivity contribution in [2.24, 2.45) is 0 Å². The summed E-state index contributed by atoms with van der Waals surface area (Å²) >= 11 is 1.73. The Hall–Kier alpha value is -2.62. The molecule has 4 heterocycles. The van der Waals surface area contributed by atoms with Crippen molar-refractivity contribution in [2.45, 2.75) is 75.9 Å². The molecule has 0 unspecified atom stereocenters. The fourth-order valence-corrected chi connectivity index (χ4v) is 7.91. The molecule has 9 heteroatoms. The van der Waals surface area contributed by atoms with Gasteiger partial charge in [0.1, 0.15) is 22.2 Å². The van der Waals surface area contributed by atoms with Gasteiger partial charge in [0.05, 0.1) is 30.9 Å². The van der Waals surface area contributed by atoms with E-state index in [9.17, 15) is 9.18 Å². The first-order valence-electron chi connectivity index (χ1n) is 13.9. The Balaban J connectivity index is 1.17. The predicted octanol–water partition coefficient (Wildman–Crippen LogP) is 5.69. The van der Waals surface area contributed by atoms with Crippen LogP contribution in [0.5, 0.6) is 5.75 Å². The van der Waals surface area contributed by atoms with Gasteiger partial charge < -0.3 is 14.8 Å². The molecule has 1 saturated carbocycles. The van der Waals surface area contributed by atoms with E-state index in [2.05, 4.69) is 27.1 Å². The van der Waals surface area contributed by atoms with Gasteiger partial charge in [-0.1, -0.05) is 6.92 Å². The van der Waals surface area contributed by atoms with Crippen molar-refractivity contribution in [3.63, 3.8) is 0 Å². The minimum absolute atomic E-state index is 0.103. The first-order valence-corrected chi connectivity index (χ1v) is 14.7. The third kappa shape index (κ3) is 5.03. The SMILES string of the molecule is CC[C@]1(N2CCOCC2)CC[C@H](Oc2ccnc3sc4c(c23)[C@@H](CC(=O)Nc2ccc(F)cn2)CC4)CC1. The number of carbonyl (C=O) groups excluding carboxylic acids is 1. The Bertz CT molecular complexity index is 1280. The lowest BCUT2D eigenvalue weighted by molar-refractivity contribution is -0.116. The van der Waals surface area contributed by atoms with Crippen LogP contribution < -0.4 is 10.1 Å². The highest BCUT2D eigenvalue weighted by Crippen LogP contribution is 2.48. The van der Waals surface area contributed by atoms with E-state index in [0.717, 1.165) is 93.4 Å². The number of pyridine rings is 2. The van der Waals surface area contributed by atoms with Gasteiger partial charge in [0.25, 0.3) is 0 Å². The number of hydrogen-bond acceptors (Lipinski definition) is 7. The lowest BCUT2D eigenvalue weighted by Gasteiger charge is -2.49. The topological polar surface area (TPSA) is 76.6 Å². The normalized spacial score (nSPS) is 25.8. The lowest BCUT2D eigenvalue weighted by Crippen LogP contribution is -2.55. The molecule has 1 atom stereocenters. The van der Waals surface area contributed by atoms with E-state index >= 15 is 0 Å². The molecule has 0 radical (unpaired) electrons. The van der Waals surface area contributed by atoms with Gasteiger partial charge in [0.2, 0.25) is 5.91 Å². The van der Waals surface area contributed by atoms with E-state index < -0.39 is 5.82 Å². The Kier molecular flexibility index (Phi) is 7.33. The van der Waals surface area contributed by atoms with Crippen LogP contribution in [-0.4, -0.2) is 58.7 Å². The molecule has 2 fully saturated rings. The molecule has 1 aliphatic heterocycles. The molecule has 3 aromatic heterocycles. The molecular weight excluding hydrogens is 503 g/mol. The van der Waals surface area contributed by atoms with Crippen LogP contribution in [0.15, 0.2) is 30.6 Å². The van der Waals surface area contributed by atoms with Crippen LogP contribution in [0.1, 0.15) is 68.2 Å². The van der Waals surface area contributed by atoms with E-state index in [1.807, 2.05) is 12.3 Å².